The summed E-state index contributed by atoms with van der Waals surface area (Å²) < 4.78 is 0.867. The van der Waals surface area contributed by atoms with E-state index < -0.39 is 0 Å². The van der Waals surface area contributed by atoms with Gasteiger partial charge in [0.25, 0.3) is 5.91 Å². The second-order valence-corrected chi connectivity index (χ2v) is 6.35. The molecule has 4 heteroatoms. The van der Waals surface area contributed by atoms with Crippen LogP contribution in [-0.2, 0) is 0 Å². The summed E-state index contributed by atoms with van der Waals surface area (Å²) in [5.74, 6) is 0.00974. The largest absolute Gasteiger partial charge is 0.352 e. The zero-order chi connectivity index (χ0) is 14.4. The molecule has 0 unspecified atom stereocenters. The van der Waals surface area contributed by atoms with E-state index in [9.17, 15) is 4.79 Å². The zero-order valence-corrected chi connectivity index (χ0v) is 13.7. The van der Waals surface area contributed by atoms with Gasteiger partial charge >= 0.3 is 0 Å². The van der Waals surface area contributed by atoms with Gasteiger partial charge in [0, 0.05) is 11.0 Å². The van der Waals surface area contributed by atoms with Crippen LogP contribution in [0.5, 0.6) is 0 Å². The van der Waals surface area contributed by atoms with Gasteiger partial charge < -0.3 is 10.2 Å². The number of benzene rings is 1. The van der Waals surface area contributed by atoms with Gasteiger partial charge in [0.2, 0.25) is 0 Å². The van der Waals surface area contributed by atoms with Crippen molar-refractivity contribution in [1.29, 1.82) is 0 Å². The average Bonchev–Trinajstić information content (AvgIpc) is 2.44. The second-order valence-electron chi connectivity index (χ2n) is 5.50. The van der Waals surface area contributed by atoms with Crippen LogP contribution in [0.25, 0.3) is 0 Å². The maximum Gasteiger partial charge on any atom is 0.252 e. The number of rotatable bonds is 5. The van der Waals surface area contributed by atoms with Gasteiger partial charge in [0.15, 0.2) is 0 Å². The van der Waals surface area contributed by atoms with E-state index in [1.165, 1.54) is 32.4 Å². The Morgan fingerprint density at radius 2 is 2.05 bits per heavy atom. The number of nitrogens with zero attached hydrogens (tertiary/aromatic N) is 1. The van der Waals surface area contributed by atoms with Gasteiger partial charge in [-0.25, -0.2) is 0 Å². The lowest BCUT2D eigenvalue weighted by Gasteiger charge is -2.26. The summed E-state index contributed by atoms with van der Waals surface area (Å²) in [5, 5.41) is 3.00. The Morgan fingerprint density at radius 1 is 1.30 bits per heavy atom. The molecule has 0 bridgehead atoms. The molecule has 1 aromatic rings. The molecule has 1 heterocycles. The van der Waals surface area contributed by atoms with Gasteiger partial charge in [-0.3, -0.25) is 4.79 Å². The molecular weight excluding hydrogens is 316 g/mol. The fraction of sp³-hybridized carbons (Fsp3) is 0.562. The quantitative estimate of drug-likeness (QED) is 0.835. The van der Waals surface area contributed by atoms with Gasteiger partial charge in [-0.1, -0.05) is 12.5 Å². The van der Waals surface area contributed by atoms with E-state index in [1.807, 2.05) is 25.1 Å². The number of nitrogens with one attached hydrogen (secondary N) is 1. The molecule has 0 saturated carbocycles. The van der Waals surface area contributed by atoms with Crippen LogP contribution in [0.3, 0.4) is 0 Å². The van der Waals surface area contributed by atoms with Crippen LogP contribution in [0.4, 0.5) is 0 Å². The molecule has 1 fully saturated rings. The highest BCUT2D eigenvalue weighted by molar-refractivity contribution is 9.10. The number of hydrogen-bond donors (Lipinski definition) is 1. The fourth-order valence-corrected chi connectivity index (χ4v) is 3.26. The molecule has 1 amide bonds. The van der Waals surface area contributed by atoms with Crippen molar-refractivity contribution in [2.75, 3.05) is 26.2 Å². The van der Waals surface area contributed by atoms with Crippen molar-refractivity contribution in [1.82, 2.24) is 10.2 Å². The average molecular weight is 339 g/mol. The number of amides is 1. The highest BCUT2D eigenvalue weighted by Gasteiger charge is 2.11. The number of piperidine rings is 1. The SMILES string of the molecule is Cc1ccc(C(=O)NCCCN2CCCCC2)c(Br)c1. The molecule has 1 aliphatic heterocycles. The van der Waals surface area contributed by atoms with E-state index in [-0.39, 0.29) is 5.91 Å². The monoisotopic (exact) mass is 338 g/mol. The van der Waals surface area contributed by atoms with Crippen LogP contribution in [-0.4, -0.2) is 37.0 Å². The Morgan fingerprint density at radius 3 is 2.75 bits per heavy atom. The van der Waals surface area contributed by atoms with Gasteiger partial charge in [0.1, 0.15) is 0 Å². The summed E-state index contributed by atoms with van der Waals surface area (Å²) in [5.41, 5.74) is 1.87. The molecule has 0 aliphatic carbocycles. The summed E-state index contributed by atoms with van der Waals surface area (Å²) in [6, 6.07) is 5.81. The Labute approximate surface area is 129 Å². The molecule has 1 saturated heterocycles. The van der Waals surface area contributed by atoms with E-state index in [4.69, 9.17) is 0 Å². The summed E-state index contributed by atoms with van der Waals surface area (Å²) in [4.78, 5) is 14.6. The summed E-state index contributed by atoms with van der Waals surface area (Å²) in [6.45, 7) is 6.30. The number of halogens is 1. The first-order valence-corrected chi connectivity index (χ1v) is 8.23. The lowest BCUT2D eigenvalue weighted by molar-refractivity contribution is 0.0950. The molecule has 1 aliphatic rings. The van der Waals surface area contributed by atoms with E-state index >= 15 is 0 Å². The minimum absolute atomic E-state index is 0.00974. The third-order valence-electron chi connectivity index (χ3n) is 3.75. The number of aryl methyl sites for hydroxylation is 1. The van der Waals surface area contributed by atoms with Crippen molar-refractivity contribution in [2.45, 2.75) is 32.6 Å². The van der Waals surface area contributed by atoms with Crippen LogP contribution in [0, 0.1) is 6.92 Å². The topological polar surface area (TPSA) is 32.3 Å². The molecule has 2 rings (SSSR count). The van der Waals surface area contributed by atoms with Crippen LogP contribution in [0.2, 0.25) is 0 Å². The van der Waals surface area contributed by atoms with Crippen molar-refractivity contribution in [3.63, 3.8) is 0 Å². The second kappa shape index (κ2) is 7.79. The number of hydrogen-bond acceptors (Lipinski definition) is 2. The minimum atomic E-state index is 0.00974. The molecule has 1 N–H and O–H groups in total. The fourth-order valence-electron chi connectivity index (χ4n) is 2.59. The molecular formula is C16H23BrN2O. The predicted molar refractivity (Wildman–Crippen MR) is 86.1 cm³/mol. The highest BCUT2D eigenvalue weighted by Crippen LogP contribution is 2.18. The van der Waals surface area contributed by atoms with E-state index in [0.717, 1.165) is 29.5 Å². The van der Waals surface area contributed by atoms with Crippen molar-refractivity contribution >= 4 is 21.8 Å². The van der Waals surface area contributed by atoms with Crippen LogP contribution < -0.4 is 5.32 Å². The molecule has 110 valence electrons. The maximum absolute atomic E-state index is 12.1. The van der Waals surface area contributed by atoms with Crippen LogP contribution in [0.1, 0.15) is 41.6 Å². The van der Waals surface area contributed by atoms with Gasteiger partial charge in [-0.15, -0.1) is 0 Å². The smallest absolute Gasteiger partial charge is 0.252 e. The van der Waals surface area contributed by atoms with Crippen molar-refractivity contribution in [3.8, 4) is 0 Å². The van der Waals surface area contributed by atoms with Crippen LogP contribution in [0.15, 0.2) is 22.7 Å². The standard InChI is InChI=1S/C16H23BrN2O/c1-13-6-7-14(15(17)12-13)16(20)18-8-5-11-19-9-3-2-4-10-19/h6-7,12H,2-5,8-11H2,1H3,(H,18,20). The predicted octanol–water partition coefficient (Wildman–Crippen LogP) is 3.36. The third kappa shape index (κ3) is 4.60. The Balaban J connectivity index is 1.72. The Bertz CT molecular complexity index is 456. The molecule has 3 nitrogen and oxygen atoms in total. The molecule has 0 atom stereocenters. The Kier molecular flexibility index (Phi) is 6.05. The van der Waals surface area contributed by atoms with Crippen molar-refractivity contribution in [3.05, 3.63) is 33.8 Å². The Hall–Kier alpha value is -0.870. The normalized spacial score (nSPS) is 16.1. The summed E-state index contributed by atoms with van der Waals surface area (Å²) in [7, 11) is 0. The molecule has 20 heavy (non-hydrogen) atoms. The first-order valence-electron chi connectivity index (χ1n) is 7.43. The molecule has 0 radical (unpaired) electrons. The van der Waals surface area contributed by atoms with E-state index in [2.05, 4.69) is 26.1 Å². The first kappa shape index (κ1) is 15.5. The first-order chi connectivity index (χ1) is 9.66. The molecule has 0 spiro atoms. The zero-order valence-electron chi connectivity index (χ0n) is 12.1. The lowest BCUT2D eigenvalue weighted by Crippen LogP contribution is -2.33. The van der Waals surface area contributed by atoms with Crippen LogP contribution >= 0.6 is 15.9 Å². The lowest BCUT2D eigenvalue weighted by atomic mass is 10.1. The number of likely N-dealkylation sites (tertiary alicyclic amines) is 1. The van der Waals surface area contributed by atoms with E-state index in [0.29, 0.717) is 5.56 Å². The maximum atomic E-state index is 12.1. The minimum Gasteiger partial charge on any atom is -0.352 e. The molecule has 1 aromatic carbocycles. The summed E-state index contributed by atoms with van der Waals surface area (Å²) >= 11 is 3.45. The van der Waals surface area contributed by atoms with Gasteiger partial charge in [-0.05, 0) is 79.4 Å². The third-order valence-corrected chi connectivity index (χ3v) is 4.41. The van der Waals surface area contributed by atoms with Gasteiger partial charge in [-0.2, -0.15) is 0 Å². The number of carbonyl (C=O) groups excluding carboxylic acids is 1. The number of carbonyl (C=O) groups is 1. The highest BCUT2D eigenvalue weighted by atomic mass is 79.9. The van der Waals surface area contributed by atoms with E-state index in [1.54, 1.807) is 0 Å². The van der Waals surface area contributed by atoms with Gasteiger partial charge in [0.05, 0.1) is 5.56 Å². The molecule has 0 aromatic heterocycles. The summed E-state index contributed by atoms with van der Waals surface area (Å²) in [6.07, 6.45) is 5.04. The van der Waals surface area contributed by atoms with Crippen molar-refractivity contribution in [2.24, 2.45) is 0 Å². The van der Waals surface area contributed by atoms with Crippen molar-refractivity contribution < 1.29 is 4.79 Å².